The Morgan fingerprint density at radius 1 is 0.909 bits per heavy atom. The normalized spacial score (nSPS) is 11.9. The highest BCUT2D eigenvalue weighted by Gasteiger charge is 2.15. The molecule has 3 nitrogen and oxygen atoms in total. The highest BCUT2D eigenvalue weighted by molar-refractivity contribution is 5.97. The first-order valence-electron chi connectivity index (χ1n) is 7.58. The molecule has 0 heterocycles. The van der Waals surface area contributed by atoms with E-state index in [1.165, 1.54) is 11.1 Å². The van der Waals surface area contributed by atoms with E-state index in [-0.39, 0.29) is 11.9 Å². The third-order valence-corrected chi connectivity index (χ3v) is 3.75. The molecule has 0 saturated heterocycles. The average Bonchev–Trinajstić information content (AvgIpc) is 2.45. The molecule has 1 atom stereocenters. The summed E-state index contributed by atoms with van der Waals surface area (Å²) in [6.07, 6.45) is 0. The van der Waals surface area contributed by atoms with Crippen LogP contribution < -0.4 is 10.6 Å². The van der Waals surface area contributed by atoms with Crippen LogP contribution in [0.15, 0.2) is 36.4 Å². The van der Waals surface area contributed by atoms with Crippen molar-refractivity contribution >= 4 is 17.3 Å². The summed E-state index contributed by atoms with van der Waals surface area (Å²) in [6.45, 7) is 10.0. The van der Waals surface area contributed by atoms with Crippen LogP contribution in [0.1, 0.15) is 29.2 Å². The first-order valence-corrected chi connectivity index (χ1v) is 7.58. The van der Waals surface area contributed by atoms with Crippen LogP contribution in [-0.4, -0.2) is 11.9 Å². The number of carbonyl (C=O) groups is 1. The molecular weight excluding hydrogens is 272 g/mol. The van der Waals surface area contributed by atoms with Gasteiger partial charge in [-0.05, 0) is 57.9 Å². The second-order valence-corrected chi connectivity index (χ2v) is 6.00. The SMILES string of the molecule is Cc1ccc(N[C@@H](C)C(=O)Nc2c(C)cc(C)cc2C)cc1. The molecule has 2 aromatic rings. The lowest BCUT2D eigenvalue weighted by Crippen LogP contribution is -2.32. The van der Waals surface area contributed by atoms with Crippen LogP contribution in [0.5, 0.6) is 0 Å². The van der Waals surface area contributed by atoms with Crippen LogP contribution in [-0.2, 0) is 4.79 Å². The third-order valence-electron chi connectivity index (χ3n) is 3.75. The van der Waals surface area contributed by atoms with Crippen LogP contribution in [0, 0.1) is 27.7 Å². The van der Waals surface area contributed by atoms with Crippen molar-refractivity contribution < 1.29 is 4.79 Å². The number of carbonyl (C=O) groups excluding carboxylic acids is 1. The lowest BCUT2D eigenvalue weighted by Gasteiger charge is -2.18. The van der Waals surface area contributed by atoms with Gasteiger partial charge in [0.05, 0.1) is 0 Å². The number of rotatable bonds is 4. The molecule has 0 aliphatic heterocycles. The number of nitrogens with one attached hydrogen (secondary N) is 2. The Hall–Kier alpha value is -2.29. The molecule has 0 unspecified atom stereocenters. The molecule has 116 valence electrons. The predicted molar refractivity (Wildman–Crippen MR) is 93.5 cm³/mol. The van der Waals surface area contributed by atoms with Crippen molar-refractivity contribution in [3.63, 3.8) is 0 Å². The zero-order valence-corrected chi connectivity index (χ0v) is 13.9. The maximum Gasteiger partial charge on any atom is 0.246 e. The number of amides is 1. The Labute approximate surface area is 132 Å². The van der Waals surface area contributed by atoms with E-state index < -0.39 is 0 Å². The smallest absolute Gasteiger partial charge is 0.246 e. The van der Waals surface area contributed by atoms with E-state index in [4.69, 9.17) is 0 Å². The second-order valence-electron chi connectivity index (χ2n) is 6.00. The monoisotopic (exact) mass is 296 g/mol. The van der Waals surface area contributed by atoms with Gasteiger partial charge in [-0.1, -0.05) is 35.4 Å². The van der Waals surface area contributed by atoms with Crippen molar-refractivity contribution in [1.29, 1.82) is 0 Å². The van der Waals surface area contributed by atoms with Gasteiger partial charge in [-0.2, -0.15) is 0 Å². The van der Waals surface area contributed by atoms with E-state index in [1.54, 1.807) is 0 Å². The quantitative estimate of drug-likeness (QED) is 0.880. The summed E-state index contributed by atoms with van der Waals surface area (Å²) in [6, 6.07) is 11.9. The Bertz CT molecular complexity index is 651. The van der Waals surface area contributed by atoms with Gasteiger partial charge in [-0.15, -0.1) is 0 Å². The summed E-state index contributed by atoms with van der Waals surface area (Å²) in [5.74, 6) is -0.0318. The minimum Gasteiger partial charge on any atom is -0.374 e. The molecule has 0 aliphatic rings. The van der Waals surface area contributed by atoms with Crippen molar-refractivity contribution in [3.05, 3.63) is 58.7 Å². The summed E-state index contributed by atoms with van der Waals surface area (Å²) in [7, 11) is 0. The van der Waals surface area contributed by atoms with Crippen molar-refractivity contribution in [2.75, 3.05) is 10.6 Å². The Morgan fingerprint density at radius 3 is 2.00 bits per heavy atom. The van der Waals surface area contributed by atoms with Gasteiger partial charge in [-0.25, -0.2) is 0 Å². The van der Waals surface area contributed by atoms with Crippen molar-refractivity contribution in [1.82, 2.24) is 0 Å². The van der Waals surface area contributed by atoms with E-state index in [2.05, 4.69) is 29.7 Å². The fourth-order valence-electron chi connectivity index (χ4n) is 2.57. The molecule has 0 bridgehead atoms. The van der Waals surface area contributed by atoms with E-state index in [1.807, 2.05) is 52.0 Å². The largest absolute Gasteiger partial charge is 0.374 e. The molecule has 2 N–H and O–H groups in total. The second kappa shape index (κ2) is 6.65. The van der Waals surface area contributed by atoms with E-state index >= 15 is 0 Å². The first-order chi connectivity index (χ1) is 10.4. The third kappa shape index (κ3) is 3.88. The Kier molecular flexibility index (Phi) is 4.86. The van der Waals surface area contributed by atoms with Gasteiger partial charge in [-0.3, -0.25) is 4.79 Å². The highest BCUT2D eigenvalue weighted by atomic mass is 16.2. The van der Waals surface area contributed by atoms with Crippen LogP contribution in [0.25, 0.3) is 0 Å². The number of aryl methyl sites for hydroxylation is 4. The Balaban J connectivity index is 2.07. The molecule has 0 aromatic heterocycles. The number of hydrogen-bond donors (Lipinski definition) is 2. The molecule has 0 saturated carbocycles. The molecule has 2 aromatic carbocycles. The summed E-state index contributed by atoms with van der Waals surface area (Å²) >= 11 is 0. The van der Waals surface area contributed by atoms with Crippen molar-refractivity contribution in [2.45, 2.75) is 40.7 Å². The summed E-state index contributed by atoms with van der Waals surface area (Å²) in [5, 5.41) is 6.26. The van der Waals surface area contributed by atoms with Crippen LogP contribution in [0.2, 0.25) is 0 Å². The van der Waals surface area contributed by atoms with Crippen molar-refractivity contribution in [2.24, 2.45) is 0 Å². The zero-order chi connectivity index (χ0) is 16.3. The molecule has 22 heavy (non-hydrogen) atoms. The van der Waals surface area contributed by atoms with Gasteiger partial charge in [0.2, 0.25) is 5.91 Å². The minimum absolute atomic E-state index is 0.0318. The fourth-order valence-corrected chi connectivity index (χ4v) is 2.57. The molecule has 0 fully saturated rings. The molecule has 0 spiro atoms. The van der Waals surface area contributed by atoms with Gasteiger partial charge in [0.15, 0.2) is 0 Å². The summed E-state index contributed by atoms with van der Waals surface area (Å²) in [4.78, 5) is 12.4. The van der Waals surface area contributed by atoms with Gasteiger partial charge < -0.3 is 10.6 Å². The standard InChI is InChI=1S/C19H24N2O/c1-12-6-8-17(9-7-12)20-16(5)19(22)21-18-14(3)10-13(2)11-15(18)4/h6-11,16,20H,1-5H3,(H,21,22)/t16-/m0/s1. The van der Waals surface area contributed by atoms with E-state index in [0.717, 1.165) is 22.5 Å². The van der Waals surface area contributed by atoms with Crippen LogP contribution >= 0.6 is 0 Å². The van der Waals surface area contributed by atoms with E-state index in [9.17, 15) is 4.79 Å². The van der Waals surface area contributed by atoms with Gasteiger partial charge in [0, 0.05) is 11.4 Å². The van der Waals surface area contributed by atoms with Crippen LogP contribution in [0.4, 0.5) is 11.4 Å². The molecule has 2 rings (SSSR count). The van der Waals surface area contributed by atoms with Gasteiger partial charge in [0.1, 0.15) is 6.04 Å². The van der Waals surface area contributed by atoms with Gasteiger partial charge >= 0.3 is 0 Å². The first kappa shape index (κ1) is 16.1. The molecule has 0 aliphatic carbocycles. The topological polar surface area (TPSA) is 41.1 Å². The summed E-state index contributed by atoms with van der Waals surface area (Å²) < 4.78 is 0. The number of hydrogen-bond acceptors (Lipinski definition) is 2. The Morgan fingerprint density at radius 2 is 1.45 bits per heavy atom. The number of benzene rings is 2. The molecule has 3 heteroatoms. The highest BCUT2D eigenvalue weighted by Crippen LogP contribution is 2.22. The van der Waals surface area contributed by atoms with Crippen molar-refractivity contribution in [3.8, 4) is 0 Å². The maximum absolute atomic E-state index is 12.4. The fraction of sp³-hybridized carbons (Fsp3) is 0.316. The lowest BCUT2D eigenvalue weighted by molar-refractivity contribution is -0.116. The van der Waals surface area contributed by atoms with Crippen LogP contribution in [0.3, 0.4) is 0 Å². The lowest BCUT2D eigenvalue weighted by atomic mass is 10.0. The molecule has 0 radical (unpaired) electrons. The average molecular weight is 296 g/mol. The maximum atomic E-state index is 12.4. The zero-order valence-electron chi connectivity index (χ0n) is 13.9. The molecular formula is C19H24N2O. The number of anilines is 2. The summed E-state index contributed by atoms with van der Waals surface area (Å²) in [5.41, 5.74) is 6.45. The predicted octanol–water partition coefficient (Wildman–Crippen LogP) is 4.36. The molecule has 1 amide bonds. The van der Waals surface area contributed by atoms with E-state index in [0.29, 0.717) is 0 Å². The van der Waals surface area contributed by atoms with Gasteiger partial charge in [0.25, 0.3) is 0 Å². The minimum atomic E-state index is -0.303.